The zero-order valence-corrected chi connectivity index (χ0v) is 11.9. The highest BCUT2D eigenvalue weighted by Gasteiger charge is 2.23. The lowest BCUT2D eigenvalue weighted by Gasteiger charge is -2.31. The van der Waals surface area contributed by atoms with E-state index in [0.717, 1.165) is 48.5 Å². The van der Waals surface area contributed by atoms with Crippen molar-refractivity contribution in [1.29, 1.82) is 5.26 Å². The molecule has 19 heavy (non-hydrogen) atoms. The lowest BCUT2D eigenvalue weighted by atomic mass is 10.0. The van der Waals surface area contributed by atoms with Crippen molar-refractivity contribution < 1.29 is 4.74 Å². The fourth-order valence-electron chi connectivity index (χ4n) is 2.75. The molecule has 1 aromatic heterocycles. The number of pyridine rings is 1. The van der Waals surface area contributed by atoms with Gasteiger partial charge in [-0.25, -0.2) is 0 Å². The average Bonchev–Trinajstić information content (AvgIpc) is 2.43. The third-order valence-corrected chi connectivity index (χ3v) is 3.87. The molecule has 2 heterocycles. The Kier molecular flexibility index (Phi) is 4.39. The molecule has 1 aromatic rings. The normalized spacial score (nSPS) is 20.0. The van der Waals surface area contributed by atoms with E-state index >= 15 is 0 Å². The van der Waals surface area contributed by atoms with Crippen LogP contribution in [0.15, 0.2) is 6.20 Å². The van der Waals surface area contributed by atoms with Gasteiger partial charge in [0, 0.05) is 23.9 Å². The van der Waals surface area contributed by atoms with Gasteiger partial charge in [0.2, 0.25) is 0 Å². The summed E-state index contributed by atoms with van der Waals surface area (Å²) < 4.78 is 5.44. The molecular weight excluding hydrogens is 238 g/mol. The lowest BCUT2D eigenvalue weighted by Crippen LogP contribution is -2.38. The molecule has 0 radical (unpaired) electrons. The molecular formula is C15H21N3O. The van der Waals surface area contributed by atoms with Gasteiger partial charge in [-0.2, -0.15) is 5.26 Å². The van der Waals surface area contributed by atoms with E-state index in [0.29, 0.717) is 0 Å². The third kappa shape index (κ3) is 2.87. The van der Waals surface area contributed by atoms with Crippen molar-refractivity contribution in [2.75, 3.05) is 13.7 Å². The largest absolute Gasteiger partial charge is 0.496 e. The molecule has 1 aliphatic rings. The second-order valence-electron chi connectivity index (χ2n) is 5.16. The molecule has 1 aliphatic heterocycles. The second kappa shape index (κ2) is 6.03. The minimum Gasteiger partial charge on any atom is -0.496 e. The van der Waals surface area contributed by atoms with Gasteiger partial charge < -0.3 is 4.74 Å². The summed E-state index contributed by atoms with van der Waals surface area (Å²) in [6.07, 6.45) is 5.14. The van der Waals surface area contributed by atoms with E-state index in [2.05, 4.69) is 16.0 Å². The maximum Gasteiger partial charge on any atom is 0.128 e. The molecule has 0 amide bonds. The van der Waals surface area contributed by atoms with Gasteiger partial charge in [0.15, 0.2) is 0 Å². The molecule has 0 bridgehead atoms. The van der Waals surface area contributed by atoms with Crippen LogP contribution in [-0.4, -0.2) is 29.6 Å². The Bertz CT molecular complexity index is 493. The predicted octanol–water partition coefficient (Wildman–Crippen LogP) is 2.59. The number of aromatic nitrogens is 1. The number of rotatable bonds is 3. The van der Waals surface area contributed by atoms with Crippen LogP contribution < -0.4 is 4.74 Å². The van der Waals surface area contributed by atoms with Crippen LogP contribution >= 0.6 is 0 Å². The van der Waals surface area contributed by atoms with Crippen molar-refractivity contribution in [2.45, 2.75) is 45.7 Å². The third-order valence-electron chi connectivity index (χ3n) is 3.87. The summed E-state index contributed by atoms with van der Waals surface area (Å²) in [7, 11) is 1.69. The molecule has 4 heteroatoms. The van der Waals surface area contributed by atoms with E-state index in [9.17, 15) is 5.26 Å². The lowest BCUT2D eigenvalue weighted by molar-refractivity contribution is 0.174. The first-order valence-corrected chi connectivity index (χ1v) is 6.80. The fraction of sp³-hybridized carbons (Fsp3) is 0.600. The van der Waals surface area contributed by atoms with Crippen LogP contribution in [0.4, 0.5) is 0 Å². The molecule has 102 valence electrons. The summed E-state index contributed by atoms with van der Waals surface area (Å²) in [6.45, 7) is 5.76. The highest BCUT2D eigenvalue weighted by Crippen LogP contribution is 2.26. The molecule has 1 unspecified atom stereocenters. The zero-order chi connectivity index (χ0) is 13.8. The first-order chi connectivity index (χ1) is 9.17. The summed E-state index contributed by atoms with van der Waals surface area (Å²) >= 11 is 0. The van der Waals surface area contributed by atoms with Crippen LogP contribution in [0.5, 0.6) is 5.75 Å². The number of piperidine rings is 1. The van der Waals surface area contributed by atoms with Crippen LogP contribution in [0.25, 0.3) is 0 Å². The Morgan fingerprint density at radius 1 is 1.47 bits per heavy atom. The van der Waals surface area contributed by atoms with Gasteiger partial charge in [-0.15, -0.1) is 0 Å². The van der Waals surface area contributed by atoms with Gasteiger partial charge in [0.05, 0.1) is 24.9 Å². The molecule has 1 saturated heterocycles. The standard InChI is InChI=1S/C15H21N3O/c1-11-9-17-14(12(2)15(11)19-3)10-18-7-5-4-6-13(18)8-16/h9,13H,4-7,10H2,1-3H3. The van der Waals surface area contributed by atoms with Crippen molar-refractivity contribution in [3.63, 3.8) is 0 Å². The number of nitriles is 1. The van der Waals surface area contributed by atoms with Gasteiger partial charge in [0.1, 0.15) is 5.75 Å². The highest BCUT2D eigenvalue weighted by atomic mass is 16.5. The summed E-state index contributed by atoms with van der Waals surface area (Å²) in [4.78, 5) is 6.75. The second-order valence-corrected chi connectivity index (χ2v) is 5.16. The van der Waals surface area contributed by atoms with Crippen molar-refractivity contribution in [3.8, 4) is 11.8 Å². The minimum atomic E-state index is 0.0299. The molecule has 0 N–H and O–H groups in total. The van der Waals surface area contributed by atoms with Crippen molar-refractivity contribution in [1.82, 2.24) is 9.88 Å². The SMILES string of the molecule is COc1c(C)cnc(CN2CCCCC2C#N)c1C. The molecule has 0 aliphatic carbocycles. The van der Waals surface area contributed by atoms with E-state index < -0.39 is 0 Å². The number of likely N-dealkylation sites (tertiary alicyclic amines) is 1. The van der Waals surface area contributed by atoms with Crippen LogP contribution in [0.3, 0.4) is 0 Å². The smallest absolute Gasteiger partial charge is 0.128 e. The van der Waals surface area contributed by atoms with Crippen molar-refractivity contribution in [2.24, 2.45) is 0 Å². The molecule has 0 spiro atoms. The first kappa shape index (κ1) is 13.8. The Hall–Kier alpha value is -1.60. The summed E-state index contributed by atoms with van der Waals surface area (Å²) in [5.41, 5.74) is 3.16. The van der Waals surface area contributed by atoms with Gasteiger partial charge in [0.25, 0.3) is 0 Å². The quantitative estimate of drug-likeness (QED) is 0.837. The van der Waals surface area contributed by atoms with Crippen LogP contribution in [0.2, 0.25) is 0 Å². The van der Waals surface area contributed by atoms with E-state index in [-0.39, 0.29) is 6.04 Å². The van der Waals surface area contributed by atoms with Gasteiger partial charge in [-0.1, -0.05) is 0 Å². The van der Waals surface area contributed by atoms with Crippen LogP contribution in [0.1, 0.15) is 36.1 Å². The Morgan fingerprint density at radius 2 is 2.26 bits per heavy atom. The number of aryl methyl sites for hydroxylation is 1. The van der Waals surface area contributed by atoms with Crippen molar-refractivity contribution in [3.05, 3.63) is 23.0 Å². The molecule has 0 aromatic carbocycles. The molecule has 1 fully saturated rings. The van der Waals surface area contributed by atoms with E-state index in [1.54, 1.807) is 7.11 Å². The highest BCUT2D eigenvalue weighted by molar-refractivity contribution is 5.41. The van der Waals surface area contributed by atoms with Crippen LogP contribution in [0, 0.1) is 25.2 Å². The first-order valence-electron chi connectivity index (χ1n) is 6.80. The number of methoxy groups -OCH3 is 1. The number of ether oxygens (including phenoxy) is 1. The average molecular weight is 259 g/mol. The summed E-state index contributed by atoms with van der Waals surface area (Å²) in [6, 6.07) is 2.43. The summed E-state index contributed by atoms with van der Waals surface area (Å²) in [5.74, 6) is 0.913. The van der Waals surface area contributed by atoms with Gasteiger partial charge >= 0.3 is 0 Å². The van der Waals surface area contributed by atoms with Gasteiger partial charge in [-0.3, -0.25) is 9.88 Å². The maximum atomic E-state index is 9.22. The Labute approximate surface area is 115 Å². The summed E-state index contributed by atoms with van der Waals surface area (Å²) in [5, 5.41) is 9.22. The maximum absolute atomic E-state index is 9.22. The van der Waals surface area contributed by atoms with E-state index in [4.69, 9.17) is 4.74 Å². The zero-order valence-electron chi connectivity index (χ0n) is 11.9. The Morgan fingerprint density at radius 3 is 2.95 bits per heavy atom. The molecule has 4 nitrogen and oxygen atoms in total. The monoisotopic (exact) mass is 259 g/mol. The molecule has 1 atom stereocenters. The van der Waals surface area contributed by atoms with E-state index in [1.807, 2.05) is 20.0 Å². The number of hydrogen-bond acceptors (Lipinski definition) is 4. The Balaban J connectivity index is 2.21. The van der Waals surface area contributed by atoms with Crippen LogP contribution in [-0.2, 0) is 6.54 Å². The van der Waals surface area contributed by atoms with Crippen molar-refractivity contribution >= 4 is 0 Å². The predicted molar refractivity (Wildman–Crippen MR) is 73.9 cm³/mol. The molecule has 0 saturated carbocycles. The number of hydrogen-bond donors (Lipinski definition) is 0. The number of nitrogens with zero attached hydrogens (tertiary/aromatic N) is 3. The minimum absolute atomic E-state index is 0.0299. The fourth-order valence-corrected chi connectivity index (χ4v) is 2.75. The molecule has 2 rings (SSSR count). The topological polar surface area (TPSA) is 49.1 Å². The van der Waals surface area contributed by atoms with E-state index in [1.165, 1.54) is 6.42 Å². The van der Waals surface area contributed by atoms with Gasteiger partial charge in [-0.05, 0) is 39.7 Å².